The van der Waals surface area contributed by atoms with Gasteiger partial charge in [0.15, 0.2) is 5.82 Å². The molecule has 0 radical (unpaired) electrons. The third kappa shape index (κ3) is 3.89. The molecule has 0 unspecified atom stereocenters. The Morgan fingerprint density at radius 3 is 2.57 bits per heavy atom. The molecule has 30 heavy (non-hydrogen) atoms. The van der Waals surface area contributed by atoms with Crippen LogP contribution in [0.15, 0.2) is 59.1 Å². The predicted octanol–water partition coefficient (Wildman–Crippen LogP) is 6.29. The Hall–Kier alpha value is -3.32. The summed E-state index contributed by atoms with van der Waals surface area (Å²) in [6.45, 7) is 5.87. The van der Waals surface area contributed by atoms with E-state index in [1.807, 2.05) is 39.0 Å². The van der Waals surface area contributed by atoms with Gasteiger partial charge >= 0.3 is 0 Å². The zero-order chi connectivity index (χ0) is 21.3. The molecule has 0 aliphatic heterocycles. The molecule has 5 nitrogen and oxygen atoms in total. The van der Waals surface area contributed by atoms with Gasteiger partial charge < -0.3 is 9.84 Å². The summed E-state index contributed by atoms with van der Waals surface area (Å²) in [5.41, 5.74) is 2.62. The molecule has 0 aliphatic carbocycles. The molecule has 0 fully saturated rings. The fourth-order valence-corrected chi connectivity index (χ4v) is 3.96. The highest BCUT2D eigenvalue weighted by molar-refractivity contribution is 7.17. The van der Waals surface area contributed by atoms with Crippen LogP contribution in [0.4, 0.5) is 10.1 Å². The van der Waals surface area contributed by atoms with Gasteiger partial charge in [0.25, 0.3) is 11.8 Å². The van der Waals surface area contributed by atoms with Crippen LogP contribution in [0.3, 0.4) is 0 Å². The third-order valence-electron chi connectivity index (χ3n) is 4.67. The summed E-state index contributed by atoms with van der Waals surface area (Å²) < 4.78 is 19.5. The second-order valence-electron chi connectivity index (χ2n) is 7.21. The molecule has 4 rings (SSSR count). The van der Waals surface area contributed by atoms with Crippen molar-refractivity contribution < 1.29 is 13.7 Å². The summed E-state index contributed by atoms with van der Waals surface area (Å²) in [4.78, 5) is 18.6. The lowest BCUT2D eigenvalue weighted by atomic mass is 10.1. The lowest BCUT2D eigenvalue weighted by Gasteiger charge is -2.11. The Balaban J connectivity index is 1.63. The fraction of sp³-hybridized carbons (Fsp3) is 0.174. The number of aryl methyl sites for hydroxylation is 1. The lowest BCUT2D eigenvalue weighted by molar-refractivity contribution is 0.103. The molecular formula is C23H20FN3O2S. The number of nitrogens with one attached hydrogen (secondary N) is 1. The molecule has 1 N–H and O–H groups in total. The number of carbonyl (C=O) groups excluding carboxylic acids is 1. The van der Waals surface area contributed by atoms with Crippen molar-refractivity contribution in [2.45, 2.75) is 26.7 Å². The Labute approximate surface area is 177 Å². The Morgan fingerprint density at radius 1 is 1.07 bits per heavy atom. The van der Waals surface area contributed by atoms with Gasteiger partial charge in [-0.05, 0) is 36.8 Å². The van der Waals surface area contributed by atoms with Crippen LogP contribution >= 0.6 is 11.3 Å². The molecular weight excluding hydrogens is 401 g/mol. The van der Waals surface area contributed by atoms with Crippen LogP contribution in [-0.4, -0.2) is 16.0 Å². The van der Waals surface area contributed by atoms with Crippen LogP contribution in [0, 0.1) is 12.7 Å². The van der Waals surface area contributed by atoms with E-state index in [0.717, 1.165) is 5.56 Å². The largest absolute Gasteiger partial charge is 0.334 e. The minimum absolute atomic E-state index is 0.133. The van der Waals surface area contributed by atoms with Crippen LogP contribution in [-0.2, 0) is 0 Å². The average Bonchev–Trinajstić information content (AvgIpc) is 3.40. The van der Waals surface area contributed by atoms with E-state index < -0.39 is 0 Å². The molecule has 2 aromatic carbocycles. The summed E-state index contributed by atoms with van der Waals surface area (Å²) in [5.74, 6) is 0.507. The zero-order valence-corrected chi connectivity index (χ0v) is 17.6. The van der Waals surface area contributed by atoms with Gasteiger partial charge in [-0.1, -0.05) is 49.3 Å². The van der Waals surface area contributed by atoms with E-state index in [1.165, 1.54) is 17.4 Å². The molecule has 152 valence electrons. The first-order valence-corrected chi connectivity index (χ1v) is 10.4. The van der Waals surface area contributed by atoms with Gasteiger partial charge in [-0.3, -0.25) is 4.79 Å². The minimum atomic E-state index is -0.315. The maximum absolute atomic E-state index is 14.1. The minimum Gasteiger partial charge on any atom is -0.334 e. The summed E-state index contributed by atoms with van der Waals surface area (Å²) >= 11 is 1.24. The standard InChI is InChI=1S/C23H20FN3O2S/c1-13(2)21-26-23(29-27-21)16-9-6-7-14(3)20(16)25-22(28)19-12-11-18(30-19)15-8-4-5-10-17(15)24/h4-13H,1-3H3,(H,25,28). The number of amides is 1. The molecule has 0 spiro atoms. The SMILES string of the molecule is Cc1cccc(-c2nc(C(C)C)no2)c1NC(=O)c1ccc(-c2ccccc2F)s1. The van der Waals surface area contributed by atoms with E-state index in [0.29, 0.717) is 38.3 Å². The van der Waals surface area contributed by atoms with Gasteiger partial charge in [0, 0.05) is 16.4 Å². The summed E-state index contributed by atoms with van der Waals surface area (Å²) in [6, 6.07) is 15.6. The normalized spacial score (nSPS) is 11.1. The number of aromatic nitrogens is 2. The molecule has 0 bridgehead atoms. The first-order chi connectivity index (χ1) is 14.4. The fourth-order valence-electron chi connectivity index (χ4n) is 3.03. The van der Waals surface area contributed by atoms with Crippen LogP contribution in [0.25, 0.3) is 21.9 Å². The summed E-state index contributed by atoms with van der Waals surface area (Å²) in [7, 11) is 0. The van der Waals surface area contributed by atoms with Crippen LogP contribution < -0.4 is 5.32 Å². The second kappa shape index (κ2) is 8.20. The van der Waals surface area contributed by atoms with Crippen molar-refractivity contribution in [2.24, 2.45) is 0 Å². The predicted molar refractivity (Wildman–Crippen MR) is 116 cm³/mol. The molecule has 0 aliphatic rings. The average molecular weight is 421 g/mol. The molecule has 4 aromatic rings. The van der Waals surface area contributed by atoms with Crippen molar-refractivity contribution in [1.29, 1.82) is 0 Å². The maximum Gasteiger partial charge on any atom is 0.265 e. The third-order valence-corrected chi connectivity index (χ3v) is 5.79. The van der Waals surface area contributed by atoms with E-state index >= 15 is 0 Å². The number of nitrogens with zero attached hydrogens (tertiary/aromatic N) is 2. The van der Waals surface area contributed by atoms with Crippen LogP contribution in [0.2, 0.25) is 0 Å². The van der Waals surface area contributed by atoms with Crippen LogP contribution in [0.5, 0.6) is 0 Å². The zero-order valence-electron chi connectivity index (χ0n) is 16.8. The first kappa shape index (κ1) is 20.0. The van der Waals surface area contributed by atoms with Gasteiger partial charge in [0.05, 0.1) is 16.1 Å². The van der Waals surface area contributed by atoms with Gasteiger partial charge in [0.2, 0.25) is 0 Å². The summed E-state index contributed by atoms with van der Waals surface area (Å²) in [5, 5.41) is 6.97. The highest BCUT2D eigenvalue weighted by Gasteiger charge is 2.19. The van der Waals surface area contributed by atoms with Crippen molar-refractivity contribution >= 4 is 22.9 Å². The number of halogens is 1. The number of hydrogen-bond donors (Lipinski definition) is 1. The second-order valence-corrected chi connectivity index (χ2v) is 8.29. The highest BCUT2D eigenvalue weighted by Crippen LogP contribution is 2.33. The van der Waals surface area contributed by atoms with Crippen molar-refractivity contribution in [3.05, 3.63) is 76.7 Å². The quantitative estimate of drug-likeness (QED) is 0.411. The van der Waals surface area contributed by atoms with Crippen molar-refractivity contribution in [3.8, 4) is 21.9 Å². The Bertz CT molecular complexity index is 1210. The molecule has 1 amide bonds. The molecule has 7 heteroatoms. The summed E-state index contributed by atoms with van der Waals surface area (Å²) in [6.07, 6.45) is 0. The maximum atomic E-state index is 14.1. The number of benzene rings is 2. The number of rotatable bonds is 5. The van der Waals surface area contributed by atoms with Crippen LogP contribution in [0.1, 0.15) is 40.8 Å². The van der Waals surface area contributed by atoms with E-state index in [4.69, 9.17) is 4.52 Å². The monoisotopic (exact) mass is 421 g/mol. The lowest BCUT2D eigenvalue weighted by Crippen LogP contribution is -2.12. The molecule has 0 saturated carbocycles. The topological polar surface area (TPSA) is 68.0 Å². The number of anilines is 1. The van der Waals surface area contributed by atoms with E-state index in [9.17, 15) is 9.18 Å². The first-order valence-electron chi connectivity index (χ1n) is 9.53. The van der Waals surface area contributed by atoms with Crippen molar-refractivity contribution in [3.63, 3.8) is 0 Å². The Kier molecular flexibility index (Phi) is 5.46. The van der Waals surface area contributed by atoms with Gasteiger partial charge in [-0.15, -0.1) is 11.3 Å². The van der Waals surface area contributed by atoms with E-state index in [1.54, 1.807) is 30.3 Å². The molecule has 2 aromatic heterocycles. The smallest absolute Gasteiger partial charge is 0.265 e. The van der Waals surface area contributed by atoms with Crippen molar-refractivity contribution in [1.82, 2.24) is 10.1 Å². The number of hydrogen-bond acceptors (Lipinski definition) is 5. The van der Waals surface area contributed by atoms with E-state index in [-0.39, 0.29) is 17.6 Å². The molecule has 2 heterocycles. The number of carbonyl (C=O) groups is 1. The van der Waals surface area contributed by atoms with E-state index in [2.05, 4.69) is 15.5 Å². The highest BCUT2D eigenvalue weighted by atomic mass is 32.1. The van der Waals surface area contributed by atoms with Gasteiger partial charge in [-0.2, -0.15) is 4.98 Å². The van der Waals surface area contributed by atoms with Gasteiger partial charge in [-0.25, -0.2) is 4.39 Å². The molecule has 0 atom stereocenters. The van der Waals surface area contributed by atoms with Crippen molar-refractivity contribution in [2.75, 3.05) is 5.32 Å². The Morgan fingerprint density at radius 2 is 1.83 bits per heavy atom. The molecule has 0 saturated heterocycles. The number of para-hydroxylation sites is 1. The number of thiophene rings is 1. The van der Waals surface area contributed by atoms with Gasteiger partial charge in [0.1, 0.15) is 5.82 Å².